The summed E-state index contributed by atoms with van der Waals surface area (Å²) in [5.41, 5.74) is 3.15. The van der Waals surface area contributed by atoms with Crippen molar-refractivity contribution in [3.05, 3.63) is 29.3 Å². The van der Waals surface area contributed by atoms with E-state index in [1.54, 1.807) is 0 Å². The standard InChI is InChI=1S/C25H43BN2O/c1-5-7-9-10-14-25(3,13-8-6-2)20-23-19-22(11-12-24(23)29-4)21-27-15-17-28(26)18-16-27/h11-12,19H,5-10,13-18,20-21H2,1-4H3. The maximum Gasteiger partial charge on any atom is 0.182 e. The smallest absolute Gasteiger partial charge is 0.182 e. The van der Waals surface area contributed by atoms with Gasteiger partial charge in [-0.3, -0.25) is 4.90 Å². The average Bonchev–Trinajstić information content (AvgIpc) is 2.72. The molecule has 2 radical (unpaired) electrons. The summed E-state index contributed by atoms with van der Waals surface area (Å²) in [6.07, 6.45) is 11.7. The third-order valence-corrected chi connectivity index (χ3v) is 6.54. The molecule has 0 amide bonds. The summed E-state index contributed by atoms with van der Waals surface area (Å²) in [6, 6.07) is 6.83. The molecule has 1 aromatic carbocycles. The lowest BCUT2D eigenvalue weighted by Crippen LogP contribution is -2.44. The molecular formula is C25H43BN2O. The highest BCUT2D eigenvalue weighted by atomic mass is 16.5. The lowest BCUT2D eigenvalue weighted by molar-refractivity contribution is 0.184. The zero-order valence-electron chi connectivity index (χ0n) is 19.5. The van der Waals surface area contributed by atoms with E-state index in [0.29, 0.717) is 5.41 Å². The molecule has 3 nitrogen and oxygen atoms in total. The van der Waals surface area contributed by atoms with Crippen molar-refractivity contribution < 1.29 is 4.74 Å². The Morgan fingerprint density at radius 3 is 2.31 bits per heavy atom. The van der Waals surface area contributed by atoms with Crippen LogP contribution in [-0.4, -0.2) is 51.0 Å². The summed E-state index contributed by atoms with van der Waals surface area (Å²) >= 11 is 0. The molecule has 1 aliphatic rings. The van der Waals surface area contributed by atoms with Crippen LogP contribution in [0.1, 0.15) is 83.3 Å². The van der Waals surface area contributed by atoms with Crippen LogP contribution in [0.5, 0.6) is 5.75 Å². The number of methoxy groups -OCH3 is 1. The van der Waals surface area contributed by atoms with Gasteiger partial charge in [-0.05, 0) is 55.0 Å². The van der Waals surface area contributed by atoms with E-state index in [1.165, 1.54) is 62.5 Å². The first-order chi connectivity index (χ1) is 14.0. The SMILES string of the molecule is [B]N1CCN(Cc2ccc(OC)c(CC(C)(CCCC)CCCCCC)c2)CC1. The van der Waals surface area contributed by atoms with Gasteiger partial charge in [-0.15, -0.1) is 0 Å². The highest BCUT2D eigenvalue weighted by Gasteiger charge is 2.25. The maximum absolute atomic E-state index is 5.91. The van der Waals surface area contributed by atoms with Crippen LogP contribution in [0, 0.1) is 5.41 Å². The van der Waals surface area contributed by atoms with E-state index in [-0.39, 0.29) is 0 Å². The van der Waals surface area contributed by atoms with Gasteiger partial charge in [0, 0.05) is 19.6 Å². The summed E-state index contributed by atoms with van der Waals surface area (Å²) < 4.78 is 5.76. The molecule has 1 fully saturated rings. The minimum absolute atomic E-state index is 0.362. The van der Waals surface area contributed by atoms with Gasteiger partial charge in [0.15, 0.2) is 7.98 Å². The molecule has 1 saturated heterocycles. The number of rotatable bonds is 13. The largest absolute Gasteiger partial charge is 0.496 e. The Morgan fingerprint density at radius 1 is 0.966 bits per heavy atom. The second-order valence-electron chi connectivity index (χ2n) is 9.36. The molecule has 0 bridgehead atoms. The second-order valence-corrected chi connectivity index (χ2v) is 9.36. The van der Waals surface area contributed by atoms with Crippen molar-refractivity contribution in [2.24, 2.45) is 5.41 Å². The minimum atomic E-state index is 0.362. The first-order valence-electron chi connectivity index (χ1n) is 11.9. The maximum atomic E-state index is 5.91. The van der Waals surface area contributed by atoms with E-state index >= 15 is 0 Å². The summed E-state index contributed by atoms with van der Waals surface area (Å²) in [5.74, 6) is 1.05. The Bertz CT molecular complexity index is 586. The van der Waals surface area contributed by atoms with Crippen molar-refractivity contribution in [3.63, 3.8) is 0 Å². The van der Waals surface area contributed by atoms with Crippen LogP contribution in [0.15, 0.2) is 18.2 Å². The number of hydrogen-bond acceptors (Lipinski definition) is 3. The van der Waals surface area contributed by atoms with Gasteiger partial charge in [-0.25, -0.2) is 0 Å². The molecule has 1 aliphatic heterocycles. The van der Waals surface area contributed by atoms with E-state index in [4.69, 9.17) is 12.7 Å². The number of piperazine rings is 1. The van der Waals surface area contributed by atoms with Crippen LogP contribution < -0.4 is 4.74 Å². The van der Waals surface area contributed by atoms with Gasteiger partial charge in [0.25, 0.3) is 0 Å². The van der Waals surface area contributed by atoms with Crippen LogP contribution in [0.4, 0.5) is 0 Å². The Balaban J connectivity index is 2.09. The predicted molar refractivity (Wildman–Crippen MR) is 126 cm³/mol. The highest BCUT2D eigenvalue weighted by Crippen LogP contribution is 2.37. The molecule has 0 spiro atoms. The van der Waals surface area contributed by atoms with Crippen molar-refractivity contribution in [3.8, 4) is 5.75 Å². The first-order valence-corrected chi connectivity index (χ1v) is 11.9. The van der Waals surface area contributed by atoms with Crippen LogP contribution >= 0.6 is 0 Å². The zero-order valence-corrected chi connectivity index (χ0v) is 19.5. The summed E-state index contributed by atoms with van der Waals surface area (Å²) in [5, 5.41) is 0. The highest BCUT2D eigenvalue weighted by molar-refractivity contribution is 6.04. The number of nitrogens with zero attached hydrogens (tertiary/aromatic N) is 2. The molecule has 0 saturated carbocycles. The first kappa shape index (κ1) is 24.3. The molecule has 0 aromatic heterocycles. The van der Waals surface area contributed by atoms with Gasteiger partial charge >= 0.3 is 0 Å². The third kappa shape index (κ3) is 8.34. The van der Waals surface area contributed by atoms with Gasteiger partial charge in [0.2, 0.25) is 0 Å². The fourth-order valence-corrected chi connectivity index (χ4v) is 4.59. The molecule has 1 unspecified atom stereocenters. The van der Waals surface area contributed by atoms with Crippen molar-refractivity contribution in [2.45, 2.75) is 85.1 Å². The van der Waals surface area contributed by atoms with E-state index in [0.717, 1.165) is 44.9 Å². The lowest BCUT2D eigenvalue weighted by Gasteiger charge is -2.33. The Labute approximate surface area is 181 Å². The molecular weight excluding hydrogens is 355 g/mol. The van der Waals surface area contributed by atoms with E-state index < -0.39 is 0 Å². The fourth-order valence-electron chi connectivity index (χ4n) is 4.59. The predicted octanol–water partition coefficient (Wildman–Crippen LogP) is 5.61. The third-order valence-electron chi connectivity index (χ3n) is 6.54. The Morgan fingerprint density at radius 2 is 1.66 bits per heavy atom. The molecule has 1 heterocycles. The topological polar surface area (TPSA) is 15.7 Å². The number of unbranched alkanes of at least 4 members (excludes halogenated alkanes) is 4. The van der Waals surface area contributed by atoms with Gasteiger partial charge in [-0.1, -0.05) is 71.4 Å². The van der Waals surface area contributed by atoms with Gasteiger partial charge in [0.1, 0.15) is 5.75 Å². The molecule has 0 aliphatic carbocycles. The van der Waals surface area contributed by atoms with E-state index in [9.17, 15) is 0 Å². The zero-order chi connectivity index (χ0) is 21.1. The molecule has 4 heteroatoms. The second kappa shape index (κ2) is 12.6. The Hall–Kier alpha value is -0.995. The summed E-state index contributed by atoms with van der Waals surface area (Å²) in [4.78, 5) is 4.43. The minimum Gasteiger partial charge on any atom is -0.496 e. The summed E-state index contributed by atoms with van der Waals surface area (Å²) in [6.45, 7) is 12.1. The van der Waals surface area contributed by atoms with Crippen molar-refractivity contribution >= 4 is 7.98 Å². The van der Waals surface area contributed by atoms with Gasteiger partial charge < -0.3 is 9.55 Å². The van der Waals surface area contributed by atoms with E-state index in [2.05, 4.69) is 43.9 Å². The van der Waals surface area contributed by atoms with Gasteiger partial charge in [0.05, 0.1) is 7.11 Å². The average molecular weight is 398 g/mol. The summed E-state index contributed by atoms with van der Waals surface area (Å²) in [7, 11) is 7.72. The van der Waals surface area contributed by atoms with Crippen LogP contribution in [0.25, 0.3) is 0 Å². The number of hydrogen-bond donors (Lipinski definition) is 0. The molecule has 1 atom stereocenters. The molecule has 29 heavy (non-hydrogen) atoms. The van der Waals surface area contributed by atoms with Crippen LogP contribution in [0.2, 0.25) is 0 Å². The quantitative estimate of drug-likeness (QED) is 0.317. The van der Waals surface area contributed by atoms with Crippen molar-refractivity contribution in [1.29, 1.82) is 0 Å². The number of benzene rings is 1. The lowest BCUT2D eigenvalue weighted by atomic mass is 9.75. The normalized spacial score (nSPS) is 17.9. The molecule has 0 N–H and O–H groups in total. The van der Waals surface area contributed by atoms with Crippen LogP contribution in [-0.2, 0) is 13.0 Å². The molecule has 1 aromatic rings. The van der Waals surface area contributed by atoms with Gasteiger partial charge in [-0.2, -0.15) is 0 Å². The molecule has 162 valence electrons. The molecule has 2 rings (SSSR count). The van der Waals surface area contributed by atoms with E-state index in [1.807, 2.05) is 11.9 Å². The van der Waals surface area contributed by atoms with Crippen molar-refractivity contribution in [1.82, 2.24) is 9.71 Å². The number of ether oxygens (including phenoxy) is 1. The van der Waals surface area contributed by atoms with Crippen LogP contribution in [0.3, 0.4) is 0 Å². The Kier molecular flexibility index (Phi) is 10.6. The monoisotopic (exact) mass is 398 g/mol. The van der Waals surface area contributed by atoms with Crippen molar-refractivity contribution in [2.75, 3.05) is 33.3 Å². The fraction of sp³-hybridized carbons (Fsp3) is 0.760.